The Morgan fingerprint density at radius 2 is 2.12 bits per heavy atom. The molecule has 2 aromatic carbocycles. The van der Waals surface area contributed by atoms with E-state index in [1.807, 2.05) is 6.07 Å². The van der Waals surface area contributed by atoms with Crippen LogP contribution in [-0.2, 0) is 11.4 Å². The van der Waals surface area contributed by atoms with Crippen LogP contribution >= 0.6 is 22.6 Å². The summed E-state index contributed by atoms with van der Waals surface area (Å²) in [7, 11) is 1.52. The summed E-state index contributed by atoms with van der Waals surface area (Å²) in [5, 5.41) is 3.82. The summed E-state index contributed by atoms with van der Waals surface area (Å²) in [5.74, 6) is 0.462. The van der Waals surface area contributed by atoms with Gasteiger partial charge in [-0.25, -0.2) is 9.82 Å². The smallest absolute Gasteiger partial charge is 0.236 e. The van der Waals surface area contributed by atoms with Crippen molar-refractivity contribution in [3.8, 4) is 11.5 Å². The van der Waals surface area contributed by atoms with Crippen LogP contribution in [0.15, 0.2) is 41.5 Å². The second-order valence-corrected chi connectivity index (χ2v) is 6.00. The third-order valence-corrected chi connectivity index (χ3v) is 3.82. The second kappa shape index (κ2) is 8.62. The quantitative estimate of drug-likeness (QED) is 0.424. The van der Waals surface area contributed by atoms with Crippen molar-refractivity contribution in [2.75, 3.05) is 7.11 Å². The molecule has 0 aliphatic heterocycles. The average molecular weight is 442 g/mol. The van der Waals surface area contributed by atoms with Gasteiger partial charge in [0.2, 0.25) is 5.91 Å². The molecular weight excluding hydrogens is 426 g/mol. The van der Waals surface area contributed by atoms with Crippen LogP contribution in [-0.4, -0.2) is 19.2 Å². The van der Waals surface area contributed by atoms with E-state index in [-0.39, 0.29) is 18.3 Å². The molecule has 126 valence electrons. The Balaban J connectivity index is 2.19. The molecule has 0 aliphatic carbocycles. The first-order valence-corrected chi connectivity index (χ1v) is 8.12. The van der Waals surface area contributed by atoms with Crippen LogP contribution < -0.4 is 14.9 Å². The van der Waals surface area contributed by atoms with Crippen molar-refractivity contribution >= 4 is 34.7 Å². The Morgan fingerprint density at radius 3 is 2.79 bits per heavy atom. The fourth-order valence-corrected chi connectivity index (χ4v) is 2.70. The number of hydrazone groups is 1. The molecule has 0 bridgehead atoms. The number of hydrogen-bond acceptors (Lipinski definition) is 4. The van der Waals surface area contributed by atoms with Crippen LogP contribution in [0.25, 0.3) is 0 Å². The van der Waals surface area contributed by atoms with Gasteiger partial charge in [0.15, 0.2) is 11.5 Å². The third-order valence-electron chi connectivity index (χ3n) is 3.02. The van der Waals surface area contributed by atoms with E-state index in [1.54, 1.807) is 24.3 Å². The molecule has 0 atom stereocenters. The lowest BCUT2D eigenvalue weighted by Gasteiger charge is -2.14. The average Bonchev–Trinajstić information content (AvgIpc) is 2.54. The van der Waals surface area contributed by atoms with E-state index in [0.29, 0.717) is 17.1 Å². The first kappa shape index (κ1) is 18.2. The minimum Gasteiger partial charge on any atom is -0.493 e. The number of benzene rings is 2. The number of carbonyl (C=O) groups excluding carboxylic acids is 1. The van der Waals surface area contributed by atoms with Crippen LogP contribution in [0.1, 0.15) is 18.1 Å². The molecule has 7 heteroatoms. The highest BCUT2D eigenvalue weighted by molar-refractivity contribution is 14.1. The summed E-state index contributed by atoms with van der Waals surface area (Å²) in [6.45, 7) is 1.47. The minimum absolute atomic E-state index is 0.0956. The fraction of sp³-hybridized carbons (Fsp3) is 0.176. The maximum atomic E-state index is 13.7. The molecule has 1 amide bonds. The normalized spacial score (nSPS) is 10.7. The van der Waals surface area contributed by atoms with Crippen LogP contribution in [0.5, 0.6) is 11.5 Å². The molecule has 0 heterocycles. The molecule has 5 nitrogen and oxygen atoms in total. The third kappa shape index (κ3) is 4.92. The van der Waals surface area contributed by atoms with E-state index in [4.69, 9.17) is 9.47 Å². The number of carbonyl (C=O) groups is 1. The van der Waals surface area contributed by atoms with E-state index >= 15 is 0 Å². The second-order valence-electron chi connectivity index (χ2n) is 4.84. The molecule has 0 saturated heterocycles. The van der Waals surface area contributed by atoms with Gasteiger partial charge in [0.05, 0.1) is 16.9 Å². The van der Waals surface area contributed by atoms with Gasteiger partial charge < -0.3 is 9.47 Å². The predicted molar refractivity (Wildman–Crippen MR) is 97.9 cm³/mol. The highest BCUT2D eigenvalue weighted by Gasteiger charge is 2.12. The Kier molecular flexibility index (Phi) is 6.53. The van der Waals surface area contributed by atoms with Crippen LogP contribution in [0, 0.1) is 9.39 Å². The molecular formula is C17H16FIN2O3. The number of nitrogens with zero attached hydrogens (tertiary/aromatic N) is 1. The summed E-state index contributed by atoms with van der Waals surface area (Å²) >= 11 is 2.10. The number of methoxy groups -OCH3 is 1. The lowest BCUT2D eigenvalue weighted by atomic mass is 10.2. The van der Waals surface area contributed by atoms with Gasteiger partial charge >= 0.3 is 0 Å². The number of ether oxygens (including phenoxy) is 2. The fourth-order valence-electron chi connectivity index (χ4n) is 1.92. The van der Waals surface area contributed by atoms with E-state index in [9.17, 15) is 9.18 Å². The van der Waals surface area contributed by atoms with Gasteiger partial charge in [0.25, 0.3) is 0 Å². The Bertz CT molecular complexity index is 765. The highest BCUT2D eigenvalue weighted by atomic mass is 127. The molecule has 24 heavy (non-hydrogen) atoms. The summed E-state index contributed by atoms with van der Waals surface area (Å²) in [5.41, 5.74) is 3.54. The van der Waals surface area contributed by atoms with Crippen molar-refractivity contribution in [3.05, 3.63) is 56.9 Å². The molecule has 2 rings (SSSR count). The lowest BCUT2D eigenvalue weighted by Crippen LogP contribution is -2.12. The van der Waals surface area contributed by atoms with Crippen molar-refractivity contribution < 1.29 is 18.7 Å². The zero-order chi connectivity index (χ0) is 17.5. The van der Waals surface area contributed by atoms with Gasteiger partial charge in [-0.05, 0) is 46.4 Å². The van der Waals surface area contributed by atoms with E-state index < -0.39 is 0 Å². The molecule has 0 unspecified atom stereocenters. The predicted octanol–water partition coefficient (Wildman–Crippen LogP) is 3.49. The highest BCUT2D eigenvalue weighted by Crippen LogP contribution is 2.34. The maximum absolute atomic E-state index is 13.7. The molecule has 0 fully saturated rings. The van der Waals surface area contributed by atoms with Crippen molar-refractivity contribution in [3.63, 3.8) is 0 Å². The van der Waals surface area contributed by atoms with Crippen molar-refractivity contribution in [1.82, 2.24) is 5.43 Å². The van der Waals surface area contributed by atoms with Crippen molar-refractivity contribution in [2.45, 2.75) is 13.5 Å². The Hall–Kier alpha value is -2.16. The van der Waals surface area contributed by atoms with Gasteiger partial charge in [-0.15, -0.1) is 0 Å². The molecule has 0 saturated carbocycles. The Morgan fingerprint density at radius 1 is 1.38 bits per heavy atom. The molecule has 1 N–H and O–H groups in total. The standard InChI is InChI=1S/C17H16FIN2O3/c1-11(22)21-20-9-12-7-15(19)17(16(8-12)23-2)24-10-13-5-3-4-6-14(13)18/h3-9H,10H2,1-2H3,(H,21,22)/b20-9-. The molecule has 0 aromatic heterocycles. The van der Waals surface area contributed by atoms with Gasteiger partial charge in [-0.1, -0.05) is 18.2 Å². The number of amides is 1. The lowest BCUT2D eigenvalue weighted by molar-refractivity contribution is -0.118. The number of halogens is 2. The monoisotopic (exact) mass is 442 g/mol. The van der Waals surface area contributed by atoms with Gasteiger partial charge in [-0.3, -0.25) is 4.79 Å². The largest absolute Gasteiger partial charge is 0.493 e. The molecule has 2 aromatic rings. The molecule has 0 radical (unpaired) electrons. The van der Waals surface area contributed by atoms with E-state index in [1.165, 1.54) is 26.3 Å². The zero-order valence-electron chi connectivity index (χ0n) is 13.2. The Labute approximate surface area is 153 Å². The zero-order valence-corrected chi connectivity index (χ0v) is 15.3. The van der Waals surface area contributed by atoms with Crippen LogP contribution in [0.2, 0.25) is 0 Å². The van der Waals surface area contributed by atoms with E-state index in [2.05, 4.69) is 33.1 Å². The number of rotatable bonds is 6. The van der Waals surface area contributed by atoms with Gasteiger partial charge in [0, 0.05) is 12.5 Å². The van der Waals surface area contributed by atoms with Gasteiger partial charge in [-0.2, -0.15) is 5.10 Å². The van der Waals surface area contributed by atoms with Crippen LogP contribution in [0.3, 0.4) is 0 Å². The van der Waals surface area contributed by atoms with Crippen LogP contribution in [0.4, 0.5) is 4.39 Å². The first-order chi connectivity index (χ1) is 11.5. The minimum atomic E-state index is -0.314. The maximum Gasteiger partial charge on any atom is 0.236 e. The summed E-state index contributed by atoms with van der Waals surface area (Å²) in [6.07, 6.45) is 1.51. The topological polar surface area (TPSA) is 59.9 Å². The SMILES string of the molecule is COc1cc(/C=N\NC(C)=O)cc(I)c1OCc1ccccc1F. The first-order valence-electron chi connectivity index (χ1n) is 7.04. The number of nitrogens with one attached hydrogen (secondary N) is 1. The summed E-state index contributed by atoms with van der Waals surface area (Å²) in [4.78, 5) is 10.8. The molecule has 0 aliphatic rings. The van der Waals surface area contributed by atoms with E-state index in [0.717, 1.165) is 9.13 Å². The summed E-state index contributed by atoms with van der Waals surface area (Å²) in [6, 6.07) is 10.00. The summed E-state index contributed by atoms with van der Waals surface area (Å²) < 4.78 is 25.5. The van der Waals surface area contributed by atoms with Crippen molar-refractivity contribution in [2.24, 2.45) is 5.10 Å². The van der Waals surface area contributed by atoms with Gasteiger partial charge in [0.1, 0.15) is 12.4 Å². The van der Waals surface area contributed by atoms with Crippen molar-refractivity contribution in [1.29, 1.82) is 0 Å². The number of hydrogen-bond donors (Lipinski definition) is 1. The molecule has 0 spiro atoms.